The van der Waals surface area contributed by atoms with Crippen molar-refractivity contribution in [3.05, 3.63) is 55.1 Å². The molecule has 82 valence electrons. The number of thiophene rings is 1. The van der Waals surface area contributed by atoms with E-state index in [9.17, 15) is 4.79 Å². The number of carbonyl (C=O) groups excluding carboxylic acids is 1. The second-order valence-corrected chi connectivity index (χ2v) is 5.94. The number of aryl methyl sites for hydroxylation is 1. The monoisotopic (exact) mass is 314 g/mol. The van der Waals surface area contributed by atoms with E-state index in [1.54, 1.807) is 18.2 Å². The van der Waals surface area contributed by atoms with Crippen LogP contribution in [0.3, 0.4) is 0 Å². The highest BCUT2D eigenvalue weighted by atomic mass is 79.9. The Morgan fingerprint density at radius 1 is 1.31 bits per heavy atom. The second-order valence-electron chi connectivity index (χ2n) is 3.36. The van der Waals surface area contributed by atoms with Gasteiger partial charge in [0.2, 0.25) is 5.78 Å². The lowest BCUT2D eigenvalue weighted by atomic mass is 10.1. The average molecular weight is 316 g/mol. The van der Waals surface area contributed by atoms with Crippen LogP contribution in [0.2, 0.25) is 5.02 Å². The second kappa shape index (κ2) is 4.70. The molecular weight excluding hydrogens is 308 g/mol. The van der Waals surface area contributed by atoms with E-state index in [0.29, 0.717) is 10.6 Å². The smallest absolute Gasteiger partial charge is 0.204 e. The molecule has 0 spiro atoms. The van der Waals surface area contributed by atoms with Crippen molar-refractivity contribution < 1.29 is 4.79 Å². The van der Waals surface area contributed by atoms with Gasteiger partial charge in [-0.25, -0.2) is 0 Å². The van der Waals surface area contributed by atoms with Crippen LogP contribution in [0.25, 0.3) is 0 Å². The van der Waals surface area contributed by atoms with Crippen LogP contribution in [0.4, 0.5) is 0 Å². The number of ketones is 1. The number of hydrogen-bond acceptors (Lipinski definition) is 2. The molecule has 0 aliphatic carbocycles. The first-order valence-electron chi connectivity index (χ1n) is 4.64. The van der Waals surface area contributed by atoms with Crippen LogP contribution in [0.5, 0.6) is 0 Å². The van der Waals surface area contributed by atoms with E-state index in [1.165, 1.54) is 11.3 Å². The van der Waals surface area contributed by atoms with E-state index in [0.717, 1.165) is 14.2 Å². The fourth-order valence-electron chi connectivity index (χ4n) is 1.36. The molecule has 0 aliphatic heterocycles. The van der Waals surface area contributed by atoms with Crippen molar-refractivity contribution in [3.8, 4) is 0 Å². The van der Waals surface area contributed by atoms with E-state index in [2.05, 4.69) is 15.9 Å². The fraction of sp³-hybridized carbons (Fsp3) is 0.0833. The molecule has 4 heteroatoms. The minimum Gasteiger partial charge on any atom is -0.288 e. The van der Waals surface area contributed by atoms with Crippen LogP contribution >= 0.6 is 38.9 Å². The summed E-state index contributed by atoms with van der Waals surface area (Å²) in [5.74, 6) is 0.0293. The SMILES string of the molecule is Cc1ccc(C(=O)c2ccc(Cl)cc2Br)s1. The van der Waals surface area contributed by atoms with Gasteiger partial charge in [0.25, 0.3) is 0 Å². The number of rotatable bonds is 2. The molecule has 0 N–H and O–H groups in total. The summed E-state index contributed by atoms with van der Waals surface area (Å²) in [6.07, 6.45) is 0. The Labute approximate surface area is 111 Å². The molecule has 1 heterocycles. The summed E-state index contributed by atoms with van der Waals surface area (Å²) in [7, 11) is 0. The van der Waals surface area contributed by atoms with Crippen molar-refractivity contribution in [3.63, 3.8) is 0 Å². The highest BCUT2D eigenvalue weighted by molar-refractivity contribution is 9.10. The van der Waals surface area contributed by atoms with Gasteiger partial charge in [0.1, 0.15) is 0 Å². The standard InChI is InChI=1S/C12H8BrClOS/c1-7-2-5-11(16-7)12(15)9-4-3-8(14)6-10(9)13/h2-6H,1H3. The van der Waals surface area contributed by atoms with Crippen molar-refractivity contribution in [1.82, 2.24) is 0 Å². The van der Waals surface area contributed by atoms with Crippen molar-refractivity contribution in [1.29, 1.82) is 0 Å². The van der Waals surface area contributed by atoms with Gasteiger partial charge in [0, 0.05) is 19.9 Å². The Balaban J connectivity index is 2.41. The van der Waals surface area contributed by atoms with Crippen molar-refractivity contribution in [2.45, 2.75) is 6.92 Å². The molecule has 2 aromatic rings. The molecule has 0 amide bonds. The Morgan fingerprint density at radius 3 is 2.62 bits per heavy atom. The van der Waals surface area contributed by atoms with Crippen LogP contribution < -0.4 is 0 Å². The molecule has 1 nitrogen and oxygen atoms in total. The average Bonchev–Trinajstić information content (AvgIpc) is 2.64. The first kappa shape index (κ1) is 11.8. The molecule has 0 unspecified atom stereocenters. The normalized spacial score (nSPS) is 10.4. The van der Waals surface area contributed by atoms with Gasteiger partial charge in [-0.05, 0) is 53.2 Å². The van der Waals surface area contributed by atoms with Crippen molar-refractivity contribution >= 4 is 44.7 Å². The number of hydrogen-bond donors (Lipinski definition) is 0. The molecule has 0 saturated heterocycles. The molecule has 0 radical (unpaired) electrons. The van der Waals surface area contributed by atoms with Crippen LogP contribution in [0, 0.1) is 6.92 Å². The number of carbonyl (C=O) groups is 1. The number of benzene rings is 1. The number of halogens is 2. The van der Waals surface area contributed by atoms with Gasteiger partial charge in [-0.1, -0.05) is 11.6 Å². The van der Waals surface area contributed by atoms with E-state index in [4.69, 9.17) is 11.6 Å². The summed E-state index contributed by atoms with van der Waals surface area (Å²) in [5.41, 5.74) is 0.645. The van der Waals surface area contributed by atoms with Crippen LogP contribution in [-0.4, -0.2) is 5.78 Å². The first-order valence-corrected chi connectivity index (χ1v) is 6.63. The fourth-order valence-corrected chi connectivity index (χ4v) is 3.05. The van der Waals surface area contributed by atoms with E-state index in [1.807, 2.05) is 19.1 Å². The van der Waals surface area contributed by atoms with E-state index in [-0.39, 0.29) is 5.78 Å². The lowest BCUT2D eigenvalue weighted by Crippen LogP contribution is -1.99. The maximum atomic E-state index is 12.1. The Hall–Kier alpha value is -0.640. The molecule has 0 aliphatic rings. The van der Waals surface area contributed by atoms with Crippen LogP contribution in [0.1, 0.15) is 20.1 Å². The summed E-state index contributed by atoms with van der Waals surface area (Å²) in [4.78, 5) is 14.0. The lowest BCUT2D eigenvalue weighted by molar-refractivity contribution is 0.104. The van der Waals surface area contributed by atoms with Crippen molar-refractivity contribution in [2.24, 2.45) is 0 Å². The van der Waals surface area contributed by atoms with E-state index < -0.39 is 0 Å². The quantitative estimate of drug-likeness (QED) is 0.734. The van der Waals surface area contributed by atoms with Crippen molar-refractivity contribution in [2.75, 3.05) is 0 Å². The molecule has 1 aromatic heterocycles. The van der Waals surface area contributed by atoms with Crippen LogP contribution in [-0.2, 0) is 0 Å². The van der Waals surface area contributed by atoms with Gasteiger partial charge in [-0.3, -0.25) is 4.79 Å². The van der Waals surface area contributed by atoms with Gasteiger partial charge in [-0.2, -0.15) is 0 Å². The van der Waals surface area contributed by atoms with Crippen LogP contribution in [0.15, 0.2) is 34.8 Å². The molecule has 2 rings (SSSR count). The first-order chi connectivity index (χ1) is 7.58. The van der Waals surface area contributed by atoms with Gasteiger partial charge in [0.05, 0.1) is 4.88 Å². The zero-order valence-electron chi connectivity index (χ0n) is 8.46. The summed E-state index contributed by atoms with van der Waals surface area (Å²) in [5, 5.41) is 0.616. The maximum absolute atomic E-state index is 12.1. The summed E-state index contributed by atoms with van der Waals surface area (Å²) < 4.78 is 0.732. The van der Waals surface area contributed by atoms with Gasteiger partial charge in [-0.15, -0.1) is 11.3 Å². The third-order valence-corrected chi connectivity index (χ3v) is 4.03. The van der Waals surface area contributed by atoms with Gasteiger partial charge in [0.15, 0.2) is 0 Å². The lowest BCUT2D eigenvalue weighted by Gasteiger charge is -2.02. The minimum atomic E-state index is 0.0293. The Bertz CT molecular complexity index is 548. The Morgan fingerprint density at radius 2 is 2.06 bits per heavy atom. The third kappa shape index (κ3) is 2.37. The molecule has 0 bridgehead atoms. The molecule has 0 saturated carbocycles. The van der Waals surface area contributed by atoms with Gasteiger partial charge >= 0.3 is 0 Å². The molecule has 1 aromatic carbocycles. The predicted octanol–water partition coefficient (Wildman–Crippen LogP) is 4.70. The highest BCUT2D eigenvalue weighted by Crippen LogP contribution is 2.26. The molecule has 16 heavy (non-hydrogen) atoms. The third-order valence-electron chi connectivity index (χ3n) is 2.14. The maximum Gasteiger partial charge on any atom is 0.204 e. The highest BCUT2D eigenvalue weighted by Gasteiger charge is 2.14. The Kier molecular flexibility index (Phi) is 3.47. The zero-order valence-corrected chi connectivity index (χ0v) is 11.6. The summed E-state index contributed by atoms with van der Waals surface area (Å²) >= 11 is 10.7. The molecular formula is C12H8BrClOS. The minimum absolute atomic E-state index is 0.0293. The molecule has 0 fully saturated rings. The summed E-state index contributed by atoms with van der Waals surface area (Å²) in [6.45, 7) is 1.98. The molecule has 0 atom stereocenters. The zero-order chi connectivity index (χ0) is 11.7. The summed E-state index contributed by atoms with van der Waals surface area (Å²) in [6, 6.07) is 8.99. The largest absolute Gasteiger partial charge is 0.288 e. The topological polar surface area (TPSA) is 17.1 Å². The predicted molar refractivity (Wildman–Crippen MR) is 71.6 cm³/mol. The van der Waals surface area contributed by atoms with Gasteiger partial charge < -0.3 is 0 Å². The van der Waals surface area contributed by atoms with E-state index >= 15 is 0 Å².